The second-order valence-electron chi connectivity index (χ2n) is 5.36. The Balaban J connectivity index is 2.06. The van der Waals surface area contributed by atoms with Crippen molar-refractivity contribution in [1.29, 1.82) is 0 Å². The van der Waals surface area contributed by atoms with Gasteiger partial charge in [0.25, 0.3) is 0 Å². The summed E-state index contributed by atoms with van der Waals surface area (Å²) in [4.78, 5) is 0. The third-order valence-corrected chi connectivity index (χ3v) is 4.26. The molecule has 1 nitrogen and oxygen atoms in total. The normalized spacial score (nSPS) is 27.0. The summed E-state index contributed by atoms with van der Waals surface area (Å²) in [6.07, 6.45) is 25.2. The molecule has 0 aromatic rings. The first-order valence-corrected chi connectivity index (χ1v) is 7.09. The summed E-state index contributed by atoms with van der Waals surface area (Å²) in [7, 11) is 0. The zero-order valence-electron chi connectivity index (χ0n) is 11.3. The highest BCUT2D eigenvalue weighted by molar-refractivity contribution is 5.52. The molecule has 0 amide bonds. The average molecular weight is 252 g/mol. The van der Waals surface area contributed by atoms with Crippen LogP contribution in [0.3, 0.4) is 0 Å². The summed E-state index contributed by atoms with van der Waals surface area (Å²) < 4.78 is 6.15. The monoisotopic (exact) mass is 252 g/mol. The van der Waals surface area contributed by atoms with E-state index in [0.29, 0.717) is 23.2 Å². The minimum absolute atomic E-state index is 0.0703. The molecule has 1 aliphatic carbocycles. The maximum atomic E-state index is 6.15. The quantitative estimate of drug-likeness (QED) is 0.685. The van der Waals surface area contributed by atoms with Crippen molar-refractivity contribution in [2.75, 3.05) is 0 Å². The van der Waals surface area contributed by atoms with Gasteiger partial charge in [0.1, 0.15) is 0 Å². The van der Waals surface area contributed by atoms with Gasteiger partial charge < -0.3 is 4.74 Å². The summed E-state index contributed by atoms with van der Waals surface area (Å²) in [5.74, 6) is 8.32. The van der Waals surface area contributed by atoms with Gasteiger partial charge in [-0.05, 0) is 31.6 Å². The molecule has 0 spiro atoms. The van der Waals surface area contributed by atoms with E-state index in [1.807, 2.05) is 0 Å². The van der Waals surface area contributed by atoms with E-state index in [4.69, 9.17) is 24.0 Å². The molecule has 0 aromatic carbocycles. The van der Waals surface area contributed by atoms with Gasteiger partial charge in [0.05, 0.1) is 23.4 Å². The third kappa shape index (κ3) is 3.04. The predicted octanol–water partition coefficient (Wildman–Crippen LogP) is 3.31. The maximum Gasteiger partial charge on any atom is 0.0926 e. The number of hydrogen-bond acceptors (Lipinski definition) is 1. The molecule has 1 heterocycles. The fourth-order valence-electron chi connectivity index (χ4n) is 3.25. The van der Waals surface area contributed by atoms with Gasteiger partial charge >= 0.3 is 0 Å². The maximum absolute atomic E-state index is 6.15. The zero-order chi connectivity index (χ0) is 13.7. The summed E-state index contributed by atoms with van der Waals surface area (Å²) in [5, 5.41) is 0. The van der Waals surface area contributed by atoms with Gasteiger partial charge in [0.2, 0.25) is 0 Å². The van der Waals surface area contributed by atoms with Gasteiger partial charge in [-0.25, -0.2) is 0 Å². The highest BCUT2D eigenvalue weighted by Gasteiger charge is 2.34. The topological polar surface area (TPSA) is 9.23 Å². The SMILES string of the molecule is C#CC(C#C)=C(C#C)C1CCC(C2CCCCC2)O1. The lowest BCUT2D eigenvalue weighted by atomic mass is 9.84. The van der Waals surface area contributed by atoms with Crippen LogP contribution in [0, 0.1) is 42.9 Å². The number of ether oxygens (including phenoxy) is 1. The van der Waals surface area contributed by atoms with Crippen molar-refractivity contribution >= 4 is 0 Å². The van der Waals surface area contributed by atoms with E-state index in [2.05, 4.69) is 17.8 Å². The number of terminal acetylenes is 3. The molecule has 1 aliphatic heterocycles. The first kappa shape index (κ1) is 13.8. The summed E-state index contributed by atoms with van der Waals surface area (Å²) in [6, 6.07) is 0. The van der Waals surface area contributed by atoms with Crippen LogP contribution in [0.25, 0.3) is 0 Å². The molecule has 0 N–H and O–H groups in total. The van der Waals surface area contributed by atoms with Crippen LogP contribution in [0.2, 0.25) is 0 Å². The van der Waals surface area contributed by atoms with Crippen molar-refractivity contribution < 1.29 is 4.74 Å². The van der Waals surface area contributed by atoms with E-state index in [9.17, 15) is 0 Å². The van der Waals surface area contributed by atoms with Crippen molar-refractivity contribution in [3.8, 4) is 37.0 Å². The molecule has 2 fully saturated rings. The molecular formula is C18H20O. The molecule has 1 heteroatoms. The standard InChI is InChI=1S/C18H20O/c1-4-14(5-2)16(6-3)18-13-12-17(19-18)15-10-8-7-9-11-15/h1-3,15,17-18H,7-13H2. The summed E-state index contributed by atoms with van der Waals surface area (Å²) in [6.45, 7) is 0. The predicted molar refractivity (Wildman–Crippen MR) is 78.0 cm³/mol. The highest BCUT2D eigenvalue weighted by atomic mass is 16.5. The molecule has 2 aliphatic rings. The molecule has 0 bridgehead atoms. The smallest absolute Gasteiger partial charge is 0.0926 e. The molecule has 1 saturated carbocycles. The van der Waals surface area contributed by atoms with Crippen molar-refractivity contribution in [3.63, 3.8) is 0 Å². The molecule has 2 atom stereocenters. The van der Waals surface area contributed by atoms with Crippen LogP contribution in [0.15, 0.2) is 11.1 Å². The van der Waals surface area contributed by atoms with Crippen molar-refractivity contribution in [2.45, 2.75) is 57.2 Å². The zero-order valence-corrected chi connectivity index (χ0v) is 11.3. The summed E-state index contributed by atoms with van der Waals surface area (Å²) in [5.41, 5.74) is 1.15. The van der Waals surface area contributed by atoms with Gasteiger partial charge in [-0.15, -0.1) is 19.3 Å². The second kappa shape index (κ2) is 6.52. The van der Waals surface area contributed by atoms with E-state index in [1.165, 1.54) is 32.1 Å². The lowest BCUT2D eigenvalue weighted by Crippen LogP contribution is -2.24. The van der Waals surface area contributed by atoms with Crippen LogP contribution in [-0.4, -0.2) is 12.2 Å². The minimum Gasteiger partial charge on any atom is -0.369 e. The fraction of sp³-hybridized carbons (Fsp3) is 0.556. The first-order chi connectivity index (χ1) is 9.30. The molecule has 1 saturated heterocycles. The fourth-order valence-corrected chi connectivity index (χ4v) is 3.25. The number of rotatable bonds is 2. The van der Waals surface area contributed by atoms with Gasteiger partial charge in [-0.1, -0.05) is 37.0 Å². The molecule has 2 unspecified atom stereocenters. The van der Waals surface area contributed by atoms with Crippen molar-refractivity contribution in [1.82, 2.24) is 0 Å². The van der Waals surface area contributed by atoms with Crippen LogP contribution in [0.4, 0.5) is 0 Å². The Bertz CT molecular complexity index is 455. The van der Waals surface area contributed by atoms with Gasteiger partial charge in [0, 0.05) is 0 Å². The average Bonchev–Trinajstić information content (AvgIpc) is 2.95. The minimum atomic E-state index is -0.0703. The van der Waals surface area contributed by atoms with Crippen molar-refractivity contribution in [3.05, 3.63) is 11.1 Å². The lowest BCUT2D eigenvalue weighted by Gasteiger charge is -2.27. The van der Waals surface area contributed by atoms with E-state index in [-0.39, 0.29) is 6.10 Å². The Kier molecular flexibility index (Phi) is 4.74. The Morgan fingerprint density at radius 3 is 2.11 bits per heavy atom. The van der Waals surface area contributed by atoms with Crippen LogP contribution in [-0.2, 0) is 4.74 Å². The Hall–Kier alpha value is -1.62. The summed E-state index contributed by atoms with van der Waals surface area (Å²) >= 11 is 0. The van der Waals surface area contributed by atoms with Gasteiger partial charge in [-0.3, -0.25) is 0 Å². The van der Waals surface area contributed by atoms with E-state index in [0.717, 1.165) is 12.8 Å². The van der Waals surface area contributed by atoms with E-state index in [1.54, 1.807) is 0 Å². The Morgan fingerprint density at radius 2 is 1.53 bits per heavy atom. The molecule has 0 aromatic heterocycles. The van der Waals surface area contributed by atoms with Crippen LogP contribution in [0.1, 0.15) is 44.9 Å². The van der Waals surface area contributed by atoms with Crippen LogP contribution < -0.4 is 0 Å². The lowest BCUT2D eigenvalue weighted by molar-refractivity contribution is 0.0167. The van der Waals surface area contributed by atoms with Crippen molar-refractivity contribution in [2.24, 2.45) is 5.92 Å². The van der Waals surface area contributed by atoms with E-state index >= 15 is 0 Å². The molecule has 19 heavy (non-hydrogen) atoms. The van der Waals surface area contributed by atoms with Crippen LogP contribution >= 0.6 is 0 Å². The van der Waals surface area contributed by atoms with Gasteiger partial charge in [-0.2, -0.15) is 0 Å². The molecule has 98 valence electrons. The third-order valence-electron chi connectivity index (χ3n) is 4.26. The van der Waals surface area contributed by atoms with Gasteiger partial charge in [0.15, 0.2) is 0 Å². The number of allylic oxidation sites excluding steroid dienone is 1. The molecular weight excluding hydrogens is 232 g/mol. The second-order valence-corrected chi connectivity index (χ2v) is 5.36. The Morgan fingerprint density at radius 1 is 0.842 bits per heavy atom. The Labute approximate surface area is 116 Å². The van der Waals surface area contributed by atoms with E-state index < -0.39 is 0 Å². The first-order valence-electron chi connectivity index (χ1n) is 7.09. The number of hydrogen-bond donors (Lipinski definition) is 0. The highest BCUT2D eigenvalue weighted by Crippen LogP contribution is 2.36. The largest absolute Gasteiger partial charge is 0.369 e. The molecule has 0 radical (unpaired) electrons. The molecule has 2 rings (SSSR count). The van der Waals surface area contributed by atoms with Crippen LogP contribution in [0.5, 0.6) is 0 Å².